The van der Waals surface area contributed by atoms with Gasteiger partial charge in [-0.15, -0.1) is 0 Å². The third-order valence-electron chi connectivity index (χ3n) is 7.76. The van der Waals surface area contributed by atoms with E-state index in [-0.39, 0.29) is 5.41 Å². The van der Waals surface area contributed by atoms with E-state index in [1.165, 1.54) is 80.0 Å². The number of aryl methyl sites for hydroxylation is 2. The quantitative estimate of drug-likeness (QED) is 0.350. The summed E-state index contributed by atoms with van der Waals surface area (Å²) in [6.07, 6.45) is 11.9. The zero-order valence-corrected chi connectivity index (χ0v) is 20.5. The van der Waals surface area contributed by atoms with Crippen molar-refractivity contribution in [3.8, 4) is 11.1 Å². The molecule has 0 N–H and O–H groups in total. The van der Waals surface area contributed by atoms with Crippen LogP contribution in [0.2, 0.25) is 0 Å². The molecule has 0 aliphatic heterocycles. The van der Waals surface area contributed by atoms with E-state index in [0.717, 1.165) is 11.8 Å². The molecule has 0 saturated heterocycles. The number of fused-ring (bicyclic) bond motifs is 3. The lowest BCUT2D eigenvalue weighted by molar-refractivity contribution is 0.267. The summed E-state index contributed by atoms with van der Waals surface area (Å²) in [4.78, 5) is 0. The zero-order chi connectivity index (χ0) is 21.7. The van der Waals surface area contributed by atoms with Crippen LogP contribution in [0.4, 0.5) is 0 Å². The minimum absolute atomic E-state index is 0.187. The maximum Gasteiger partial charge on any atom is 0.0220 e. The van der Waals surface area contributed by atoms with Crippen LogP contribution in [-0.4, -0.2) is 0 Å². The summed E-state index contributed by atoms with van der Waals surface area (Å²) in [5, 5.41) is 0. The molecule has 0 nitrogen and oxygen atoms in total. The van der Waals surface area contributed by atoms with E-state index < -0.39 is 0 Å². The van der Waals surface area contributed by atoms with Crippen LogP contribution in [0, 0.1) is 25.7 Å². The average molecular weight is 405 g/mol. The van der Waals surface area contributed by atoms with Gasteiger partial charge in [-0.05, 0) is 60.8 Å². The molecule has 0 saturated carbocycles. The molecule has 0 bridgehead atoms. The van der Waals surface area contributed by atoms with Crippen LogP contribution in [0.25, 0.3) is 11.1 Å². The van der Waals surface area contributed by atoms with Crippen LogP contribution < -0.4 is 0 Å². The van der Waals surface area contributed by atoms with Gasteiger partial charge in [-0.1, -0.05) is 120 Å². The summed E-state index contributed by atoms with van der Waals surface area (Å²) >= 11 is 0. The van der Waals surface area contributed by atoms with Crippen molar-refractivity contribution in [1.29, 1.82) is 0 Å². The summed E-state index contributed by atoms with van der Waals surface area (Å²) in [5.41, 5.74) is 9.29. The fraction of sp³-hybridized carbons (Fsp3) is 0.600. The number of unbranched alkanes of at least 4 members (excludes halogenated alkanes) is 1. The fourth-order valence-corrected chi connectivity index (χ4v) is 6.03. The minimum atomic E-state index is 0.187. The van der Waals surface area contributed by atoms with Crippen molar-refractivity contribution < 1.29 is 0 Å². The minimum Gasteiger partial charge on any atom is -0.0654 e. The van der Waals surface area contributed by atoms with Gasteiger partial charge >= 0.3 is 0 Å². The molecule has 0 heterocycles. The van der Waals surface area contributed by atoms with Crippen LogP contribution in [-0.2, 0) is 5.41 Å². The second kappa shape index (κ2) is 10.2. The van der Waals surface area contributed by atoms with Crippen molar-refractivity contribution in [3.63, 3.8) is 0 Å². The Morgan fingerprint density at radius 1 is 0.667 bits per heavy atom. The highest BCUT2D eigenvalue weighted by Gasteiger charge is 2.45. The van der Waals surface area contributed by atoms with E-state index in [2.05, 4.69) is 77.9 Å². The largest absolute Gasteiger partial charge is 0.0654 e. The molecule has 2 unspecified atom stereocenters. The Kier molecular flexibility index (Phi) is 7.83. The highest BCUT2D eigenvalue weighted by atomic mass is 14.5. The molecule has 0 radical (unpaired) electrons. The number of rotatable bonds is 11. The third kappa shape index (κ3) is 4.53. The van der Waals surface area contributed by atoms with E-state index in [0.29, 0.717) is 0 Å². The normalized spacial score (nSPS) is 16.2. The van der Waals surface area contributed by atoms with Crippen LogP contribution in [0.5, 0.6) is 0 Å². The molecule has 164 valence electrons. The molecule has 0 amide bonds. The molecule has 30 heavy (non-hydrogen) atoms. The van der Waals surface area contributed by atoms with Crippen LogP contribution in [0.1, 0.15) is 108 Å². The van der Waals surface area contributed by atoms with E-state index in [1.54, 1.807) is 11.1 Å². The average Bonchev–Trinajstić information content (AvgIpc) is 2.99. The van der Waals surface area contributed by atoms with Gasteiger partial charge < -0.3 is 0 Å². The molecule has 1 aliphatic carbocycles. The Morgan fingerprint density at radius 2 is 1.17 bits per heavy atom. The predicted molar refractivity (Wildman–Crippen MR) is 133 cm³/mol. The molecule has 0 fully saturated rings. The highest BCUT2D eigenvalue weighted by molar-refractivity contribution is 5.81. The molecular formula is C30H44. The van der Waals surface area contributed by atoms with Crippen molar-refractivity contribution in [1.82, 2.24) is 0 Å². The zero-order valence-electron chi connectivity index (χ0n) is 20.5. The molecular weight excluding hydrogens is 360 g/mol. The molecule has 0 aromatic heterocycles. The predicted octanol–water partition coefficient (Wildman–Crippen LogP) is 9.39. The van der Waals surface area contributed by atoms with Gasteiger partial charge in [0.25, 0.3) is 0 Å². The van der Waals surface area contributed by atoms with Crippen molar-refractivity contribution in [2.24, 2.45) is 11.8 Å². The van der Waals surface area contributed by atoms with Crippen LogP contribution in [0.15, 0.2) is 36.4 Å². The van der Waals surface area contributed by atoms with Gasteiger partial charge in [0, 0.05) is 5.41 Å². The van der Waals surface area contributed by atoms with Crippen LogP contribution >= 0.6 is 0 Å². The summed E-state index contributed by atoms with van der Waals surface area (Å²) in [5.74, 6) is 1.61. The number of benzene rings is 2. The monoisotopic (exact) mass is 404 g/mol. The van der Waals surface area contributed by atoms with Crippen molar-refractivity contribution in [3.05, 3.63) is 58.7 Å². The van der Waals surface area contributed by atoms with Gasteiger partial charge in [0.05, 0.1) is 0 Å². The molecule has 3 rings (SSSR count). The smallest absolute Gasteiger partial charge is 0.0220 e. The third-order valence-corrected chi connectivity index (χ3v) is 7.76. The van der Waals surface area contributed by atoms with Crippen molar-refractivity contribution >= 4 is 0 Å². The Hall–Kier alpha value is -1.56. The van der Waals surface area contributed by atoms with Gasteiger partial charge in [0.2, 0.25) is 0 Å². The second-order valence-electron chi connectivity index (χ2n) is 10.1. The SMILES string of the molecule is CCCCC(CC)CC1(CC(CC)CCC)c2cc(C)ccc2-c2ccc(C)cc21. The standard InChI is InChI=1S/C30H44/c1-7-11-13-25(10-4)21-30(20-24(9-3)12-8-2)28-18-22(5)14-16-26(28)27-17-15-23(6)19-29(27)30/h14-19,24-25H,7-13,20-21H2,1-6H3. The number of hydrogen-bond donors (Lipinski definition) is 0. The van der Waals surface area contributed by atoms with Gasteiger partial charge in [-0.25, -0.2) is 0 Å². The topological polar surface area (TPSA) is 0 Å². The fourth-order valence-electron chi connectivity index (χ4n) is 6.03. The van der Waals surface area contributed by atoms with Gasteiger partial charge in [0.15, 0.2) is 0 Å². The second-order valence-corrected chi connectivity index (χ2v) is 10.1. The first-order valence-electron chi connectivity index (χ1n) is 12.7. The lowest BCUT2D eigenvalue weighted by Gasteiger charge is -2.39. The van der Waals surface area contributed by atoms with Crippen molar-refractivity contribution in [2.75, 3.05) is 0 Å². The van der Waals surface area contributed by atoms with E-state index in [1.807, 2.05) is 0 Å². The van der Waals surface area contributed by atoms with Gasteiger partial charge in [-0.3, -0.25) is 0 Å². The Balaban J connectivity index is 2.18. The number of hydrogen-bond acceptors (Lipinski definition) is 0. The Morgan fingerprint density at radius 3 is 1.60 bits per heavy atom. The van der Waals surface area contributed by atoms with E-state index in [4.69, 9.17) is 0 Å². The lowest BCUT2D eigenvalue weighted by atomic mass is 9.65. The molecule has 0 spiro atoms. The summed E-state index contributed by atoms with van der Waals surface area (Å²) in [6, 6.07) is 14.5. The first-order chi connectivity index (χ1) is 14.5. The van der Waals surface area contributed by atoms with E-state index in [9.17, 15) is 0 Å². The lowest BCUT2D eigenvalue weighted by Crippen LogP contribution is -2.31. The van der Waals surface area contributed by atoms with Crippen molar-refractivity contribution in [2.45, 2.75) is 105 Å². The van der Waals surface area contributed by atoms with Gasteiger partial charge in [-0.2, -0.15) is 0 Å². The maximum atomic E-state index is 2.54. The molecule has 0 heteroatoms. The summed E-state index contributed by atoms with van der Waals surface area (Å²) < 4.78 is 0. The molecule has 2 aromatic carbocycles. The molecule has 1 aliphatic rings. The Bertz CT molecular complexity index is 776. The molecule has 2 aromatic rings. The maximum absolute atomic E-state index is 2.54. The Labute approximate surface area is 186 Å². The highest BCUT2D eigenvalue weighted by Crippen LogP contribution is 2.56. The molecule has 2 atom stereocenters. The summed E-state index contributed by atoms with van der Waals surface area (Å²) in [7, 11) is 0. The first-order valence-corrected chi connectivity index (χ1v) is 12.7. The summed E-state index contributed by atoms with van der Waals surface area (Å²) in [6.45, 7) is 14.1. The van der Waals surface area contributed by atoms with E-state index >= 15 is 0 Å². The van der Waals surface area contributed by atoms with Crippen LogP contribution in [0.3, 0.4) is 0 Å². The van der Waals surface area contributed by atoms with Gasteiger partial charge in [0.1, 0.15) is 0 Å². The first kappa shape index (κ1) is 23.1.